The highest BCUT2D eigenvalue weighted by Gasteiger charge is 2.32. The van der Waals surface area contributed by atoms with Crippen LogP contribution in [0.2, 0.25) is 0 Å². The molecular weight excluding hydrogens is 366 g/mol. The number of ether oxygens (including phenoxy) is 1. The first kappa shape index (κ1) is 18.4. The third-order valence-electron chi connectivity index (χ3n) is 5.32. The van der Waals surface area contributed by atoms with Crippen LogP contribution >= 0.6 is 0 Å². The van der Waals surface area contributed by atoms with Crippen LogP contribution in [0.25, 0.3) is 0 Å². The van der Waals surface area contributed by atoms with Gasteiger partial charge in [-0.1, -0.05) is 6.07 Å². The monoisotopic (exact) mass is 391 g/mol. The first-order valence-electron chi connectivity index (χ1n) is 9.31. The summed E-state index contributed by atoms with van der Waals surface area (Å²) in [7, 11) is -2.15. The van der Waals surface area contributed by atoms with Crippen molar-refractivity contribution in [3.63, 3.8) is 0 Å². The van der Waals surface area contributed by atoms with Gasteiger partial charge in [-0.25, -0.2) is 8.42 Å². The van der Waals surface area contributed by atoms with Gasteiger partial charge in [-0.2, -0.15) is 4.31 Å². The Morgan fingerprint density at radius 1 is 1.22 bits per heavy atom. The summed E-state index contributed by atoms with van der Waals surface area (Å²) in [6, 6.07) is 5.44. The predicted octanol–water partition coefficient (Wildman–Crippen LogP) is 1.27. The molecule has 0 unspecified atom stereocenters. The molecule has 0 bridgehead atoms. The second-order valence-corrected chi connectivity index (χ2v) is 8.99. The molecule has 0 amide bonds. The Bertz CT molecular complexity index is 934. The van der Waals surface area contributed by atoms with Crippen molar-refractivity contribution in [2.24, 2.45) is 0 Å². The van der Waals surface area contributed by atoms with Crippen LogP contribution < -0.4 is 10.1 Å². The van der Waals surface area contributed by atoms with Crippen molar-refractivity contribution in [3.05, 3.63) is 35.4 Å². The lowest BCUT2D eigenvalue weighted by molar-refractivity contribution is 0.387. The third-order valence-corrected chi connectivity index (χ3v) is 7.24. The van der Waals surface area contributed by atoms with Gasteiger partial charge in [0.2, 0.25) is 10.0 Å². The molecule has 0 saturated carbocycles. The van der Waals surface area contributed by atoms with Crippen LogP contribution in [-0.4, -0.2) is 54.2 Å². The van der Waals surface area contributed by atoms with E-state index in [2.05, 4.69) is 20.1 Å². The van der Waals surface area contributed by atoms with Crippen LogP contribution in [0.15, 0.2) is 23.1 Å². The Morgan fingerprint density at radius 2 is 2.07 bits per heavy atom. The molecule has 1 fully saturated rings. The number of hydrogen-bond donors (Lipinski definition) is 1. The average molecular weight is 391 g/mol. The molecule has 1 aromatic heterocycles. The maximum absolute atomic E-state index is 13.3. The van der Waals surface area contributed by atoms with Gasteiger partial charge in [-0.3, -0.25) is 0 Å². The molecule has 1 N–H and O–H groups in total. The molecule has 2 aliphatic heterocycles. The summed E-state index contributed by atoms with van der Waals surface area (Å²) in [6.07, 6.45) is 2.72. The van der Waals surface area contributed by atoms with Crippen LogP contribution in [0.3, 0.4) is 0 Å². The zero-order valence-electron chi connectivity index (χ0n) is 15.7. The number of nitrogens with one attached hydrogen (secondary N) is 1. The summed E-state index contributed by atoms with van der Waals surface area (Å²) in [5.74, 6) is 2.16. The standard InChI is InChI=1S/C18H25N5O3S/c1-13-5-6-15(26-2)16(12-13)27(24,25)22-9-7-17-20-21-18(23(17)11-10-22)14-4-3-8-19-14/h5-6,12,14,19H,3-4,7-11H2,1-2H3/t14-/m0/s1. The summed E-state index contributed by atoms with van der Waals surface area (Å²) in [6.45, 7) is 4.20. The van der Waals surface area contributed by atoms with Gasteiger partial charge in [-0.05, 0) is 44.0 Å². The van der Waals surface area contributed by atoms with Crippen molar-refractivity contribution in [2.45, 2.75) is 43.7 Å². The van der Waals surface area contributed by atoms with E-state index in [1.54, 1.807) is 12.1 Å². The van der Waals surface area contributed by atoms with Gasteiger partial charge in [0.1, 0.15) is 22.3 Å². The fourth-order valence-corrected chi connectivity index (χ4v) is 5.53. The molecule has 1 saturated heterocycles. The zero-order chi connectivity index (χ0) is 19.0. The maximum Gasteiger partial charge on any atom is 0.246 e. The number of fused-ring (bicyclic) bond motifs is 1. The summed E-state index contributed by atoms with van der Waals surface area (Å²) in [4.78, 5) is 0.223. The van der Waals surface area contributed by atoms with Crippen molar-refractivity contribution >= 4 is 10.0 Å². The van der Waals surface area contributed by atoms with Gasteiger partial charge in [0.05, 0.1) is 13.2 Å². The SMILES string of the molecule is COc1ccc(C)cc1S(=O)(=O)N1CCc2nnc([C@@H]3CCCN3)n2CC1. The molecule has 27 heavy (non-hydrogen) atoms. The van der Waals surface area contributed by atoms with Crippen LogP contribution in [0.1, 0.15) is 36.1 Å². The average Bonchev–Trinajstić information content (AvgIpc) is 3.27. The van der Waals surface area contributed by atoms with Gasteiger partial charge in [0, 0.05) is 26.1 Å². The molecule has 9 heteroatoms. The summed E-state index contributed by atoms with van der Waals surface area (Å²) >= 11 is 0. The molecule has 3 heterocycles. The quantitative estimate of drug-likeness (QED) is 0.844. The number of nitrogens with zero attached hydrogens (tertiary/aromatic N) is 4. The minimum absolute atomic E-state index is 0.214. The minimum atomic E-state index is -3.65. The van der Waals surface area contributed by atoms with E-state index in [0.29, 0.717) is 31.8 Å². The summed E-state index contributed by atoms with van der Waals surface area (Å²) in [5, 5.41) is 12.1. The number of hydrogen-bond acceptors (Lipinski definition) is 6. The largest absolute Gasteiger partial charge is 0.495 e. The summed E-state index contributed by atoms with van der Waals surface area (Å²) in [5.41, 5.74) is 0.885. The molecule has 0 aliphatic carbocycles. The predicted molar refractivity (Wildman–Crippen MR) is 100 cm³/mol. The number of methoxy groups -OCH3 is 1. The number of aromatic nitrogens is 3. The summed E-state index contributed by atoms with van der Waals surface area (Å²) < 4.78 is 35.5. The van der Waals surface area contributed by atoms with Gasteiger partial charge >= 0.3 is 0 Å². The topological polar surface area (TPSA) is 89.4 Å². The Morgan fingerprint density at radius 3 is 2.81 bits per heavy atom. The molecule has 146 valence electrons. The Balaban J connectivity index is 1.61. The molecule has 0 spiro atoms. The molecule has 2 aromatic rings. The number of rotatable bonds is 4. The Hall–Kier alpha value is -1.97. The molecule has 8 nitrogen and oxygen atoms in total. The highest BCUT2D eigenvalue weighted by molar-refractivity contribution is 7.89. The molecule has 4 rings (SSSR count). The van der Waals surface area contributed by atoms with E-state index in [1.807, 2.05) is 13.0 Å². The lowest BCUT2D eigenvalue weighted by atomic mass is 10.2. The highest BCUT2D eigenvalue weighted by Crippen LogP contribution is 2.29. The van der Waals surface area contributed by atoms with Crippen molar-refractivity contribution < 1.29 is 13.2 Å². The molecule has 2 aliphatic rings. The molecule has 0 radical (unpaired) electrons. The smallest absolute Gasteiger partial charge is 0.246 e. The van der Waals surface area contributed by atoms with Crippen molar-refractivity contribution in [1.29, 1.82) is 0 Å². The number of sulfonamides is 1. The van der Waals surface area contributed by atoms with Gasteiger partial charge in [-0.15, -0.1) is 10.2 Å². The highest BCUT2D eigenvalue weighted by atomic mass is 32.2. The first-order chi connectivity index (χ1) is 13.0. The molecule has 1 atom stereocenters. The minimum Gasteiger partial charge on any atom is -0.495 e. The first-order valence-corrected chi connectivity index (χ1v) is 10.7. The van der Waals surface area contributed by atoms with Crippen molar-refractivity contribution in [1.82, 2.24) is 24.4 Å². The fourth-order valence-electron chi connectivity index (χ4n) is 3.85. The van der Waals surface area contributed by atoms with Crippen molar-refractivity contribution in [2.75, 3.05) is 26.7 Å². The van der Waals surface area contributed by atoms with E-state index in [9.17, 15) is 8.42 Å². The Kier molecular flexibility index (Phi) is 4.92. The Labute approximate surface area is 159 Å². The van der Waals surface area contributed by atoms with Crippen LogP contribution in [0, 0.1) is 6.92 Å². The van der Waals surface area contributed by atoms with Gasteiger partial charge in [0.15, 0.2) is 0 Å². The normalized spacial score (nSPS) is 21.0. The van der Waals surface area contributed by atoms with E-state index in [1.165, 1.54) is 11.4 Å². The zero-order valence-corrected chi connectivity index (χ0v) is 16.5. The fraction of sp³-hybridized carbons (Fsp3) is 0.556. The van der Waals surface area contributed by atoms with Crippen LogP contribution in [0.5, 0.6) is 5.75 Å². The molecular formula is C18H25N5O3S. The van der Waals surface area contributed by atoms with Crippen LogP contribution in [0.4, 0.5) is 0 Å². The van der Waals surface area contributed by atoms with E-state index >= 15 is 0 Å². The lowest BCUT2D eigenvalue weighted by Gasteiger charge is -2.21. The second-order valence-electron chi connectivity index (χ2n) is 7.08. The van der Waals surface area contributed by atoms with Gasteiger partial charge < -0.3 is 14.6 Å². The second kappa shape index (κ2) is 7.21. The van der Waals surface area contributed by atoms with E-state index in [0.717, 1.165) is 36.6 Å². The van der Waals surface area contributed by atoms with Crippen LogP contribution in [-0.2, 0) is 23.0 Å². The van der Waals surface area contributed by atoms with E-state index in [4.69, 9.17) is 4.74 Å². The van der Waals surface area contributed by atoms with E-state index < -0.39 is 10.0 Å². The number of aryl methyl sites for hydroxylation is 1. The van der Waals surface area contributed by atoms with Crippen molar-refractivity contribution in [3.8, 4) is 5.75 Å². The third kappa shape index (κ3) is 3.35. The van der Waals surface area contributed by atoms with Gasteiger partial charge in [0.25, 0.3) is 0 Å². The lowest BCUT2D eigenvalue weighted by Crippen LogP contribution is -2.34. The molecule has 1 aromatic carbocycles. The maximum atomic E-state index is 13.3. The number of benzene rings is 1. The van der Waals surface area contributed by atoms with E-state index in [-0.39, 0.29) is 10.9 Å².